The van der Waals surface area contributed by atoms with E-state index in [9.17, 15) is 0 Å². The van der Waals surface area contributed by atoms with Crippen LogP contribution in [0.25, 0.3) is 60.3 Å². The molecule has 8 aliphatic carbocycles. The average Bonchev–Trinajstić information content (AvgIpc) is 3.80. The predicted octanol–water partition coefficient (Wildman–Crippen LogP) is 12.3. The van der Waals surface area contributed by atoms with Gasteiger partial charge in [0.05, 0.1) is 22.7 Å². The van der Waals surface area contributed by atoms with Crippen molar-refractivity contribution in [2.45, 2.75) is 87.9 Å². The summed E-state index contributed by atoms with van der Waals surface area (Å²) in [6, 6.07) is 30.6. The number of aromatic nitrogens is 2. The van der Waals surface area contributed by atoms with E-state index in [1.165, 1.54) is 119 Å². The lowest BCUT2D eigenvalue weighted by molar-refractivity contribution is 0.00321. The highest BCUT2D eigenvalue weighted by molar-refractivity contribution is 6.31. The molecule has 5 fully saturated rings. The topological polar surface area (TPSA) is 17.3 Å². The zero-order chi connectivity index (χ0) is 32.0. The minimum absolute atomic E-state index is 0.619. The standard InChI is InChI=1S/C48H42N2/c1-3-7-27(8-4-1)36-21-37(28-9-5-2-6-10-28)43-45-39(24-49-46-32-19-34-20-33-18-31(41(45)46)22-48(33,34)23-32)50-38-12-11-35-29-14-25-13-26(15-29)17-30(16-25)40(35)44(38)42(36)47(43)50/h1-12,21,24-26,29-34H,13-20,22-23H2. The molecule has 1 spiro atoms. The number of benzene rings is 4. The van der Waals surface area contributed by atoms with E-state index in [2.05, 4.69) is 89.5 Å². The fraction of sp³-hybridized carbons (Fsp3) is 0.396. The highest BCUT2D eigenvalue weighted by Crippen LogP contribution is 2.76. The van der Waals surface area contributed by atoms with Crippen LogP contribution < -0.4 is 0 Å². The van der Waals surface area contributed by atoms with E-state index in [4.69, 9.17) is 4.98 Å². The molecule has 7 unspecified atom stereocenters. The summed E-state index contributed by atoms with van der Waals surface area (Å²) in [6.45, 7) is 0. The molecule has 8 aliphatic rings. The summed E-state index contributed by atoms with van der Waals surface area (Å²) in [7, 11) is 0. The van der Waals surface area contributed by atoms with Gasteiger partial charge in [-0.05, 0) is 162 Å². The van der Waals surface area contributed by atoms with Gasteiger partial charge in [-0.3, -0.25) is 4.98 Å². The number of hydrogen-bond acceptors (Lipinski definition) is 1. The zero-order valence-electron chi connectivity index (χ0n) is 28.7. The normalized spacial score (nSPS) is 34.1. The van der Waals surface area contributed by atoms with Crippen LogP contribution >= 0.6 is 0 Å². The van der Waals surface area contributed by atoms with E-state index < -0.39 is 0 Å². The van der Waals surface area contributed by atoms with E-state index >= 15 is 0 Å². The lowest BCUT2D eigenvalue weighted by Crippen LogP contribution is -2.41. The van der Waals surface area contributed by atoms with Crippen molar-refractivity contribution < 1.29 is 0 Å². The second kappa shape index (κ2) is 8.82. The Labute approximate surface area is 293 Å². The van der Waals surface area contributed by atoms with Crippen LogP contribution in [-0.2, 0) is 0 Å². The molecule has 4 aromatic carbocycles. The smallest absolute Gasteiger partial charge is 0.0728 e. The maximum Gasteiger partial charge on any atom is 0.0728 e. The minimum Gasteiger partial charge on any atom is -0.306 e. The SMILES string of the molecule is c1ccc(-c2cc(-c3ccccc3)c3c4c5c(ncc4n4c6ccc7c(c6c2c34)C2CC3CC(CC7C3)C2)C2CC3CC4CC5CC34C2)cc1. The highest BCUT2D eigenvalue weighted by Gasteiger charge is 2.66. The summed E-state index contributed by atoms with van der Waals surface area (Å²) in [5.41, 5.74) is 17.0. The lowest BCUT2D eigenvalue weighted by Gasteiger charge is -2.48. The fourth-order valence-electron chi connectivity index (χ4n) is 15.0. The van der Waals surface area contributed by atoms with Gasteiger partial charge >= 0.3 is 0 Å². The van der Waals surface area contributed by atoms with Gasteiger partial charge in [0.25, 0.3) is 0 Å². The molecule has 0 aliphatic heterocycles. The van der Waals surface area contributed by atoms with Crippen molar-refractivity contribution in [3.63, 3.8) is 0 Å². The van der Waals surface area contributed by atoms with Gasteiger partial charge in [0.2, 0.25) is 0 Å². The molecule has 0 amide bonds. The Bertz CT molecular complexity index is 2600. The lowest BCUT2D eigenvalue weighted by atomic mass is 9.56. The maximum absolute atomic E-state index is 5.59. The van der Waals surface area contributed by atoms with E-state index in [0.29, 0.717) is 23.2 Å². The first-order valence-electron chi connectivity index (χ1n) is 20.0. The quantitative estimate of drug-likeness (QED) is 0.183. The van der Waals surface area contributed by atoms with Crippen LogP contribution in [0.2, 0.25) is 0 Å². The Hall–Kier alpha value is -4.17. The van der Waals surface area contributed by atoms with Gasteiger partial charge in [0.15, 0.2) is 0 Å². The van der Waals surface area contributed by atoms with E-state index in [1.807, 2.05) is 0 Å². The van der Waals surface area contributed by atoms with Crippen LogP contribution in [0.3, 0.4) is 0 Å². The van der Waals surface area contributed by atoms with Gasteiger partial charge < -0.3 is 4.40 Å². The van der Waals surface area contributed by atoms with E-state index in [0.717, 1.165) is 29.6 Å². The molecule has 0 N–H and O–H groups in total. The molecule has 0 radical (unpaired) electrons. The van der Waals surface area contributed by atoms with Crippen LogP contribution in [0, 0.1) is 29.1 Å². The number of rotatable bonds is 2. The molecule has 15 rings (SSSR count). The monoisotopic (exact) mass is 646 g/mol. The van der Waals surface area contributed by atoms with Crippen molar-refractivity contribution in [3.05, 3.63) is 107 Å². The molecular formula is C48H42N2. The summed E-state index contributed by atoms with van der Waals surface area (Å²) < 4.78 is 2.74. The van der Waals surface area contributed by atoms with Crippen molar-refractivity contribution >= 4 is 38.1 Å². The van der Waals surface area contributed by atoms with Crippen molar-refractivity contribution in [1.82, 2.24) is 9.38 Å². The number of nitrogens with zero attached hydrogens (tertiary/aromatic N) is 2. The molecule has 7 atom stereocenters. The third-order valence-corrected chi connectivity index (χ3v) is 16.4. The molecule has 7 bridgehead atoms. The summed E-state index contributed by atoms with van der Waals surface area (Å²) in [5, 5.41) is 6.16. The van der Waals surface area contributed by atoms with Gasteiger partial charge in [0.1, 0.15) is 0 Å². The molecule has 3 heterocycles. The van der Waals surface area contributed by atoms with Gasteiger partial charge in [-0.25, -0.2) is 0 Å². The van der Waals surface area contributed by atoms with E-state index in [1.54, 1.807) is 27.5 Å². The van der Waals surface area contributed by atoms with Crippen LogP contribution in [0.5, 0.6) is 0 Å². The first kappa shape index (κ1) is 26.6. The van der Waals surface area contributed by atoms with E-state index in [-0.39, 0.29) is 0 Å². The summed E-state index contributed by atoms with van der Waals surface area (Å²) in [6.07, 6.45) is 16.5. The van der Waals surface area contributed by atoms with Crippen LogP contribution in [0.4, 0.5) is 0 Å². The molecule has 0 saturated heterocycles. The summed E-state index contributed by atoms with van der Waals surface area (Å²) in [4.78, 5) is 5.59. The number of fused-ring (bicyclic) bond motifs is 12. The Kier molecular flexibility index (Phi) is 4.69. The highest BCUT2D eigenvalue weighted by atomic mass is 14.9. The second-order valence-electron chi connectivity index (χ2n) is 18.4. The molecule has 50 heavy (non-hydrogen) atoms. The largest absolute Gasteiger partial charge is 0.306 e. The maximum atomic E-state index is 5.59. The van der Waals surface area contributed by atoms with Crippen molar-refractivity contribution in [2.24, 2.45) is 29.1 Å². The Balaban J connectivity index is 1.20. The van der Waals surface area contributed by atoms with Crippen molar-refractivity contribution in [2.75, 3.05) is 0 Å². The number of hydrogen-bond donors (Lipinski definition) is 0. The summed E-state index contributed by atoms with van der Waals surface area (Å²) in [5.74, 6) is 6.44. The van der Waals surface area contributed by atoms with Crippen LogP contribution in [0.1, 0.15) is 110 Å². The molecule has 2 nitrogen and oxygen atoms in total. The van der Waals surface area contributed by atoms with Crippen LogP contribution in [0.15, 0.2) is 85.1 Å². The molecule has 3 aromatic heterocycles. The molecular weight excluding hydrogens is 605 g/mol. The average molecular weight is 647 g/mol. The van der Waals surface area contributed by atoms with Crippen LogP contribution in [-0.4, -0.2) is 9.38 Å². The van der Waals surface area contributed by atoms with Gasteiger partial charge in [-0.15, -0.1) is 0 Å². The summed E-state index contributed by atoms with van der Waals surface area (Å²) >= 11 is 0. The Morgan fingerprint density at radius 2 is 1.18 bits per heavy atom. The Morgan fingerprint density at radius 3 is 1.90 bits per heavy atom. The van der Waals surface area contributed by atoms with Gasteiger partial charge in [0, 0.05) is 33.2 Å². The third kappa shape index (κ3) is 3.00. The third-order valence-electron chi connectivity index (χ3n) is 16.4. The fourth-order valence-corrected chi connectivity index (χ4v) is 15.0. The second-order valence-corrected chi connectivity index (χ2v) is 18.4. The minimum atomic E-state index is 0.619. The molecule has 7 aromatic rings. The Morgan fingerprint density at radius 1 is 0.540 bits per heavy atom. The molecule has 244 valence electrons. The predicted molar refractivity (Wildman–Crippen MR) is 203 cm³/mol. The van der Waals surface area contributed by atoms with Gasteiger partial charge in [-0.2, -0.15) is 0 Å². The molecule has 5 saturated carbocycles. The van der Waals surface area contributed by atoms with Crippen molar-refractivity contribution in [1.29, 1.82) is 0 Å². The first-order valence-corrected chi connectivity index (χ1v) is 20.0. The number of pyridine rings is 1. The van der Waals surface area contributed by atoms with Gasteiger partial charge in [-0.1, -0.05) is 66.7 Å². The molecule has 2 heteroatoms. The van der Waals surface area contributed by atoms with Crippen molar-refractivity contribution in [3.8, 4) is 22.3 Å². The zero-order valence-corrected chi connectivity index (χ0v) is 28.7. The first-order chi connectivity index (χ1) is 24.7.